The highest BCUT2D eigenvalue weighted by Crippen LogP contribution is 2.51. The number of para-hydroxylation sites is 2. The van der Waals surface area contributed by atoms with Crippen LogP contribution in [-0.4, -0.2) is 6.85 Å². The molecule has 0 bridgehead atoms. The number of anilines is 5. The van der Waals surface area contributed by atoms with Crippen LogP contribution < -0.4 is 20.6 Å². The van der Waals surface area contributed by atoms with Gasteiger partial charge in [0.05, 0.1) is 11.4 Å². The van der Waals surface area contributed by atoms with Gasteiger partial charge in [-0.1, -0.05) is 154 Å². The first-order chi connectivity index (χ1) is 29.7. The third kappa shape index (κ3) is 5.96. The van der Waals surface area contributed by atoms with Crippen molar-refractivity contribution in [2.24, 2.45) is 0 Å². The zero-order chi connectivity index (χ0) is 40.2. The fourth-order valence-corrected chi connectivity index (χ4v) is 9.90. The highest BCUT2D eigenvalue weighted by Gasteiger charge is 2.46. The first-order valence-electron chi connectivity index (χ1n) is 21.8. The molecule has 0 aliphatic carbocycles. The van der Waals surface area contributed by atoms with Gasteiger partial charge in [0.2, 0.25) is 0 Å². The molecule has 0 atom stereocenters. The van der Waals surface area contributed by atoms with Crippen LogP contribution in [0.5, 0.6) is 0 Å². The lowest BCUT2D eigenvalue weighted by Crippen LogP contribution is -2.61. The van der Waals surface area contributed by atoms with E-state index in [4.69, 9.17) is 4.42 Å². The standard InChI is InChI=1S/C56H47BN2O/c1-3-5-18-38-28-32-50(46(34-38)41-22-12-8-13-23-41)58-52-36-39(19-6-4-2)35-48-47-37-42(40-20-10-7-11-21-40)29-33-51(47)59(43-24-14-9-15-25-43)57(54(48)52)49-31-30-45-44-26-16-17-27-53(44)60-56(45)55(49)58/h7-17,20-37H,3-6,18-19H2,1-2H3. The fourth-order valence-electron chi connectivity index (χ4n) is 9.90. The summed E-state index contributed by atoms with van der Waals surface area (Å²) in [5, 5.41) is 2.27. The lowest BCUT2D eigenvalue weighted by atomic mass is 9.43. The molecule has 290 valence electrons. The molecule has 0 saturated carbocycles. The molecule has 9 aromatic rings. The summed E-state index contributed by atoms with van der Waals surface area (Å²) in [7, 11) is 0. The Labute approximate surface area is 353 Å². The van der Waals surface area contributed by atoms with Crippen molar-refractivity contribution < 1.29 is 4.42 Å². The van der Waals surface area contributed by atoms with Gasteiger partial charge in [-0.15, -0.1) is 0 Å². The van der Waals surface area contributed by atoms with Crippen molar-refractivity contribution in [3.63, 3.8) is 0 Å². The lowest BCUT2D eigenvalue weighted by molar-refractivity contribution is 0.669. The molecule has 2 aliphatic heterocycles. The third-order valence-electron chi connectivity index (χ3n) is 12.8. The number of unbranched alkanes of at least 4 members (excludes halogenated alkanes) is 2. The zero-order valence-electron chi connectivity index (χ0n) is 34.4. The molecule has 3 nitrogen and oxygen atoms in total. The molecule has 0 spiro atoms. The summed E-state index contributed by atoms with van der Waals surface area (Å²) in [6.45, 7) is 4.46. The number of hydrogen-bond donors (Lipinski definition) is 0. The molecular formula is C56H47BN2O. The van der Waals surface area contributed by atoms with Gasteiger partial charge in [-0.3, -0.25) is 0 Å². The van der Waals surface area contributed by atoms with Crippen molar-refractivity contribution in [3.8, 4) is 33.4 Å². The Hall–Kier alpha value is -6.78. The molecule has 0 N–H and O–H groups in total. The van der Waals surface area contributed by atoms with Crippen molar-refractivity contribution in [2.45, 2.75) is 52.4 Å². The summed E-state index contributed by atoms with van der Waals surface area (Å²) in [4.78, 5) is 5.18. The van der Waals surface area contributed by atoms with Crippen LogP contribution in [0.1, 0.15) is 50.7 Å². The van der Waals surface area contributed by atoms with Crippen LogP contribution in [-0.2, 0) is 12.8 Å². The minimum Gasteiger partial charge on any atom is -0.454 e. The van der Waals surface area contributed by atoms with E-state index in [2.05, 4.69) is 199 Å². The Morgan fingerprint density at radius 2 is 1.15 bits per heavy atom. The van der Waals surface area contributed by atoms with E-state index in [0.717, 1.165) is 71.8 Å². The van der Waals surface area contributed by atoms with Crippen molar-refractivity contribution in [2.75, 3.05) is 9.71 Å². The molecule has 0 amide bonds. The maximum atomic E-state index is 7.09. The minimum atomic E-state index is -0.111. The van der Waals surface area contributed by atoms with Crippen LogP contribution in [0.2, 0.25) is 0 Å². The average molecular weight is 775 g/mol. The zero-order valence-corrected chi connectivity index (χ0v) is 34.4. The number of aryl methyl sites for hydroxylation is 2. The number of nitrogens with zero attached hydrogens (tertiary/aromatic N) is 2. The maximum absolute atomic E-state index is 7.09. The van der Waals surface area contributed by atoms with E-state index in [1.807, 2.05) is 0 Å². The molecule has 11 rings (SSSR count). The van der Waals surface area contributed by atoms with Gasteiger partial charge < -0.3 is 14.1 Å². The van der Waals surface area contributed by atoms with E-state index < -0.39 is 0 Å². The van der Waals surface area contributed by atoms with Gasteiger partial charge in [0.15, 0.2) is 5.58 Å². The largest absolute Gasteiger partial charge is 0.454 e. The van der Waals surface area contributed by atoms with E-state index in [9.17, 15) is 0 Å². The van der Waals surface area contributed by atoms with Crippen LogP contribution in [0.3, 0.4) is 0 Å². The molecule has 4 heteroatoms. The van der Waals surface area contributed by atoms with Crippen molar-refractivity contribution >= 4 is 68.1 Å². The molecule has 0 radical (unpaired) electrons. The average Bonchev–Trinajstić information content (AvgIpc) is 3.70. The van der Waals surface area contributed by atoms with E-state index in [1.54, 1.807) is 0 Å². The Kier molecular flexibility index (Phi) is 9.15. The predicted molar refractivity (Wildman–Crippen MR) is 256 cm³/mol. The highest BCUT2D eigenvalue weighted by molar-refractivity contribution is 6.94. The van der Waals surface area contributed by atoms with Gasteiger partial charge in [-0.2, -0.15) is 0 Å². The second kappa shape index (κ2) is 15.1. The van der Waals surface area contributed by atoms with Gasteiger partial charge in [-0.25, -0.2) is 0 Å². The second-order valence-corrected chi connectivity index (χ2v) is 16.5. The van der Waals surface area contributed by atoms with Gasteiger partial charge in [0.1, 0.15) is 5.58 Å². The van der Waals surface area contributed by atoms with E-state index in [1.165, 1.54) is 72.5 Å². The van der Waals surface area contributed by atoms with E-state index in [0.29, 0.717) is 0 Å². The summed E-state index contributed by atoms with van der Waals surface area (Å²) in [6.07, 6.45) is 6.64. The number of hydrogen-bond acceptors (Lipinski definition) is 3. The van der Waals surface area contributed by atoms with Crippen LogP contribution in [0, 0.1) is 0 Å². The summed E-state index contributed by atoms with van der Waals surface area (Å²) in [5.41, 5.74) is 20.5. The molecule has 0 fully saturated rings. The lowest BCUT2D eigenvalue weighted by Gasteiger charge is -2.46. The quantitative estimate of drug-likeness (QED) is 0.129. The Morgan fingerprint density at radius 1 is 0.483 bits per heavy atom. The third-order valence-corrected chi connectivity index (χ3v) is 12.8. The number of benzene rings is 8. The first kappa shape index (κ1) is 36.3. The molecular weight excluding hydrogens is 727 g/mol. The number of rotatable bonds is 10. The molecule has 0 unspecified atom stereocenters. The Balaban J connectivity index is 1.28. The highest BCUT2D eigenvalue weighted by atomic mass is 16.3. The smallest absolute Gasteiger partial charge is 0.333 e. The Bertz CT molecular complexity index is 3030. The van der Waals surface area contributed by atoms with Crippen molar-refractivity contribution in [1.82, 2.24) is 0 Å². The monoisotopic (exact) mass is 774 g/mol. The molecule has 1 aromatic heterocycles. The van der Waals surface area contributed by atoms with Crippen LogP contribution >= 0.6 is 0 Å². The SMILES string of the molecule is CCCCc1ccc(N2c3cc(CCCC)cc4c3B(c3ccc5c(oc6ccccc65)c32)N(c2ccccc2)c2ccc(-c3ccccc3)cc2-4)c(-c2ccccc2)c1. The van der Waals surface area contributed by atoms with E-state index >= 15 is 0 Å². The molecule has 2 aliphatic rings. The van der Waals surface area contributed by atoms with Gasteiger partial charge in [0.25, 0.3) is 0 Å². The topological polar surface area (TPSA) is 19.6 Å². The summed E-state index contributed by atoms with van der Waals surface area (Å²) in [6, 6.07) is 65.4. The van der Waals surface area contributed by atoms with Gasteiger partial charge in [0, 0.05) is 39.0 Å². The van der Waals surface area contributed by atoms with Crippen molar-refractivity contribution in [3.05, 3.63) is 187 Å². The van der Waals surface area contributed by atoms with Crippen LogP contribution in [0.25, 0.3) is 55.3 Å². The number of furan rings is 1. The summed E-state index contributed by atoms with van der Waals surface area (Å²) < 4.78 is 7.09. The number of fused-ring (bicyclic) bond motifs is 8. The minimum absolute atomic E-state index is 0.111. The summed E-state index contributed by atoms with van der Waals surface area (Å²) in [5.74, 6) is 0. The van der Waals surface area contributed by atoms with Gasteiger partial charge in [-0.05, 0) is 119 Å². The Morgan fingerprint density at radius 3 is 1.92 bits per heavy atom. The van der Waals surface area contributed by atoms with Crippen molar-refractivity contribution in [1.29, 1.82) is 0 Å². The summed E-state index contributed by atoms with van der Waals surface area (Å²) >= 11 is 0. The van der Waals surface area contributed by atoms with Gasteiger partial charge >= 0.3 is 6.85 Å². The maximum Gasteiger partial charge on any atom is 0.333 e. The first-order valence-corrected chi connectivity index (χ1v) is 21.8. The van der Waals surface area contributed by atoms with Crippen LogP contribution in [0.4, 0.5) is 28.4 Å². The normalized spacial score (nSPS) is 12.8. The fraction of sp³-hybridized carbons (Fsp3) is 0.143. The molecule has 0 saturated heterocycles. The van der Waals surface area contributed by atoms with E-state index in [-0.39, 0.29) is 6.85 Å². The predicted octanol–water partition coefficient (Wildman–Crippen LogP) is 14.3. The molecule has 3 heterocycles. The molecule has 60 heavy (non-hydrogen) atoms. The van der Waals surface area contributed by atoms with Crippen LogP contribution in [0.15, 0.2) is 180 Å². The second-order valence-electron chi connectivity index (χ2n) is 16.5. The molecule has 8 aromatic carbocycles.